The smallest absolute Gasteiger partial charge is 0.209 e. The van der Waals surface area contributed by atoms with Crippen molar-refractivity contribution >= 4 is 40.0 Å². The molecule has 0 radical (unpaired) electrons. The third-order valence-corrected chi connectivity index (χ3v) is 3.69. The van der Waals surface area contributed by atoms with E-state index in [1.807, 2.05) is 31.5 Å². The molecule has 0 saturated carbocycles. The number of aliphatic imine (C=N–C) groups is 1. The van der Waals surface area contributed by atoms with Gasteiger partial charge in [0.25, 0.3) is 0 Å². The normalized spacial score (nSPS) is 12.6. The Morgan fingerprint density at radius 2 is 1.83 bits per heavy atom. The summed E-state index contributed by atoms with van der Waals surface area (Å²) in [7, 11) is -3.25. The third-order valence-electron chi connectivity index (χ3n) is 2.77. The van der Waals surface area contributed by atoms with Crippen LogP contribution in [0.3, 0.4) is 0 Å². The Labute approximate surface area is 156 Å². The van der Waals surface area contributed by atoms with Gasteiger partial charge in [0, 0.05) is 37.6 Å². The van der Waals surface area contributed by atoms with E-state index in [1.165, 1.54) is 0 Å². The lowest BCUT2D eigenvalue weighted by Gasteiger charge is -2.23. The van der Waals surface area contributed by atoms with Crippen molar-refractivity contribution < 1.29 is 8.42 Å². The van der Waals surface area contributed by atoms with E-state index >= 15 is 0 Å². The van der Waals surface area contributed by atoms with Crippen LogP contribution in [0.25, 0.3) is 0 Å². The molecule has 0 amide bonds. The summed E-state index contributed by atoms with van der Waals surface area (Å²) in [5, 5.41) is 6.39. The first-order valence-electron chi connectivity index (χ1n) is 7.34. The van der Waals surface area contributed by atoms with Crippen LogP contribution in [0.2, 0.25) is 0 Å². The van der Waals surface area contributed by atoms with Crippen molar-refractivity contribution in [1.82, 2.24) is 19.9 Å². The summed E-state index contributed by atoms with van der Waals surface area (Å²) < 4.78 is 27.3. The fourth-order valence-corrected chi connectivity index (χ4v) is 3.04. The van der Waals surface area contributed by atoms with E-state index in [-0.39, 0.29) is 24.0 Å². The van der Waals surface area contributed by atoms with E-state index in [2.05, 4.69) is 24.9 Å². The zero-order valence-electron chi connectivity index (χ0n) is 14.2. The minimum Gasteiger partial charge on any atom is -0.357 e. The lowest BCUT2D eigenvalue weighted by molar-refractivity contribution is 0.464. The Balaban J connectivity index is 0.00000484. The molecule has 3 N–H and O–H groups in total. The molecule has 7 nitrogen and oxygen atoms in total. The van der Waals surface area contributed by atoms with Crippen LogP contribution in [0.5, 0.6) is 0 Å². The predicted molar refractivity (Wildman–Crippen MR) is 106 cm³/mol. The molecule has 0 saturated heterocycles. The van der Waals surface area contributed by atoms with E-state index in [4.69, 9.17) is 0 Å². The van der Waals surface area contributed by atoms with Crippen LogP contribution in [0.1, 0.15) is 20.8 Å². The van der Waals surface area contributed by atoms with Gasteiger partial charge in [0.1, 0.15) is 0 Å². The summed E-state index contributed by atoms with van der Waals surface area (Å²) in [6, 6.07) is 3.97. The Morgan fingerprint density at radius 3 is 2.35 bits per heavy atom. The second-order valence-corrected chi connectivity index (χ2v) is 7.55. The zero-order chi connectivity index (χ0) is 16.6. The molecule has 0 fully saturated rings. The van der Waals surface area contributed by atoms with Gasteiger partial charge in [-0.05, 0) is 32.9 Å². The maximum atomic E-state index is 11.3. The summed E-state index contributed by atoms with van der Waals surface area (Å²) in [6.07, 6.45) is 5.16. The molecule has 0 aromatic carbocycles. The molecule has 0 bridgehead atoms. The van der Waals surface area contributed by atoms with Gasteiger partial charge in [-0.3, -0.25) is 4.99 Å². The highest BCUT2D eigenvalue weighted by molar-refractivity contribution is 14.0. The third kappa shape index (κ3) is 10.6. The number of halogens is 1. The molecular weight excluding hydrogens is 429 g/mol. The molecule has 1 rings (SSSR count). The molecule has 0 aliphatic rings. The highest BCUT2D eigenvalue weighted by atomic mass is 127. The van der Waals surface area contributed by atoms with Gasteiger partial charge < -0.3 is 15.2 Å². The highest BCUT2D eigenvalue weighted by Gasteiger charge is 2.21. The van der Waals surface area contributed by atoms with E-state index in [1.54, 1.807) is 13.8 Å². The van der Waals surface area contributed by atoms with E-state index in [0.29, 0.717) is 12.5 Å². The van der Waals surface area contributed by atoms with Crippen LogP contribution >= 0.6 is 24.0 Å². The molecule has 1 aromatic heterocycles. The number of hydrogen-bond acceptors (Lipinski definition) is 3. The van der Waals surface area contributed by atoms with Gasteiger partial charge in [-0.1, -0.05) is 0 Å². The maximum Gasteiger partial charge on any atom is 0.209 e. The predicted octanol–water partition coefficient (Wildman–Crippen LogP) is 0.989. The molecule has 23 heavy (non-hydrogen) atoms. The van der Waals surface area contributed by atoms with Crippen molar-refractivity contribution in [2.75, 3.05) is 25.9 Å². The first-order chi connectivity index (χ1) is 10.2. The van der Waals surface area contributed by atoms with Crippen molar-refractivity contribution in [3.63, 3.8) is 0 Å². The second kappa shape index (κ2) is 10.1. The summed E-state index contributed by atoms with van der Waals surface area (Å²) in [5.41, 5.74) is -0.629. The Kier molecular flexibility index (Phi) is 9.78. The van der Waals surface area contributed by atoms with Crippen LogP contribution in [-0.2, 0) is 16.6 Å². The van der Waals surface area contributed by atoms with Gasteiger partial charge in [0.15, 0.2) is 5.96 Å². The van der Waals surface area contributed by atoms with Crippen LogP contribution in [0.15, 0.2) is 29.5 Å². The number of aromatic nitrogens is 1. The average Bonchev–Trinajstić information content (AvgIpc) is 2.86. The summed E-state index contributed by atoms with van der Waals surface area (Å²) in [4.78, 5) is 4.45. The van der Waals surface area contributed by atoms with E-state index < -0.39 is 15.6 Å². The molecular formula is C14H28IN5O2S. The highest BCUT2D eigenvalue weighted by Crippen LogP contribution is 2.04. The molecule has 0 aliphatic carbocycles. The Hall–Kier alpha value is -0.810. The summed E-state index contributed by atoms with van der Waals surface area (Å²) in [6.45, 7) is 8.27. The zero-order valence-corrected chi connectivity index (χ0v) is 17.3. The maximum absolute atomic E-state index is 11.3. The minimum atomic E-state index is -3.25. The molecule has 0 atom stereocenters. The second-order valence-electron chi connectivity index (χ2n) is 5.80. The minimum absolute atomic E-state index is 0. The average molecular weight is 457 g/mol. The van der Waals surface area contributed by atoms with Crippen molar-refractivity contribution in [3.05, 3.63) is 24.5 Å². The Morgan fingerprint density at radius 1 is 1.22 bits per heavy atom. The molecule has 0 unspecified atom stereocenters. The van der Waals surface area contributed by atoms with Gasteiger partial charge in [0.2, 0.25) is 10.0 Å². The van der Waals surface area contributed by atoms with Gasteiger partial charge >= 0.3 is 0 Å². The van der Waals surface area contributed by atoms with Crippen molar-refractivity contribution in [3.8, 4) is 0 Å². The molecule has 0 aliphatic heterocycles. The van der Waals surface area contributed by atoms with Gasteiger partial charge in [-0.2, -0.15) is 0 Å². The molecule has 134 valence electrons. The lowest BCUT2D eigenvalue weighted by atomic mass is 10.1. The molecule has 1 aromatic rings. The lowest BCUT2D eigenvalue weighted by Crippen LogP contribution is -2.47. The fraction of sp³-hybridized carbons (Fsp3) is 0.643. The Bertz CT molecular complexity index is 570. The van der Waals surface area contributed by atoms with Gasteiger partial charge in [-0.15, -0.1) is 24.0 Å². The van der Waals surface area contributed by atoms with Crippen molar-refractivity contribution in [1.29, 1.82) is 0 Å². The van der Waals surface area contributed by atoms with E-state index in [9.17, 15) is 8.42 Å². The summed E-state index contributed by atoms with van der Waals surface area (Å²) >= 11 is 0. The number of guanidine groups is 1. The fourth-order valence-electron chi connectivity index (χ4n) is 1.98. The number of rotatable bonds is 8. The summed E-state index contributed by atoms with van der Waals surface area (Å²) in [5.74, 6) is 0.679. The number of sulfonamides is 1. The van der Waals surface area contributed by atoms with Crippen LogP contribution in [0.4, 0.5) is 0 Å². The van der Waals surface area contributed by atoms with E-state index in [0.717, 1.165) is 25.9 Å². The first kappa shape index (κ1) is 22.2. The standard InChI is InChI=1S/C14H27N5O2S.HI/c1-5-15-13(16-8-11-19-9-6-7-10-19)17-12-14(2,3)18-22(4,20)21;/h6-7,9-10,18H,5,8,11-12H2,1-4H3,(H2,15,16,17);1H. The molecule has 0 spiro atoms. The van der Waals surface area contributed by atoms with Gasteiger partial charge in [-0.25, -0.2) is 13.1 Å². The topological polar surface area (TPSA) is 87.5 Å². The molecule has 9 heteroatoms. The number of nitrogens with one attached hydrogen (secondary N) is 3. The number of nitrogens with zero attached hydrogens (tertiary/aromatic N) is 2. The quantitative estimate of drug-likeness (QED) is 0.309. The van der Waals surface area contributed by atoms with Crippen LogP contribution in [0, 0.1) is 0 Å². The monoisotopic (exact) mass is 457 g/mol. The van der Waals surface area contributed by atoms with Crippen molar-refractivity contribution in [2.24, 2.45) is 4.99 Å². The van der Waals surface area contributed by atoms with Gasteiger partial charge in [0.05, 0.1) is 12.8 Å². The van der Waals surface area contributed by atoms with Crippen molar-refractivity contribution in [2.45, 2.75) is 32.9 Å². The van der Waals surface area contributed by atoms with Crippen LogP contribution < -0.4 is 15.4 Å². The van der Waals surface area contributed by atoms with Crippen LogP contribution in [-0.4, -0.2) is 50.4 Å². The SMILES string of the molecule is CCNC(=NCC(C)(C)NS(C)(=O)=O)NCCn1cccc1.I. The first-order valence-corrected chi connectivity index (χ1v) is 9.23. The molecule has 1 heterocycles. The number of hydrogen-bond donors (Lipinski definition) is 3. The largest absolute Gasteiger partial charge is 0.357 e.